The number of H-pyrrole nitrogens is 1. The van der Waals surface area contributed by atoms with Crippen LogP contribution in [0.3, 0.4) is 0 Å². The SMILES string of the molecule is CCOc1cc([C@H]2c3sc(=O)[nH]c3SC3C4CC(C5C(=O)N(c6ccc(Cl)cc6)C(=O)C45)C32)ccc1OCC(=O)Nc1ccccc1. The molecule has 2 saturated carbocycles. The number of carbonyl (C=O) groups excluding carboxylic acids is 3. The second kappa shape index (κ2) is 11.9. The minimum Gasteiger partial charge on any atom is -0.490 e. The van der Waals surface area contributed by atoms with E-state index in [0.717, 1.165) is 21.9 Å². The van der Waals surface area contributed by atoms with Gasteiger partial charge in [0.1, 0.15) is 0 Å². The molecule has 12 heteroatoms. The maximum absolute atomic E-state index is 14.0. The van der Waals surface area contributed by atoms with E-state index in [2.05, 4.69) is 10.3 Å². The number of aromatic nitrogens is 1. The molecule has 3 heterocycles. The Kier molecular flexibility index (Phi) is 7.65. The van der Waals surface area contributed by atoms with Gasteiger partial charge < -0.3 is 19.8 Å². The van der Waals surface area contributed by atoms with E-state index in [-0.39, 0.29) is 64.0 Å². The van der Waals surface area contributed by atoms with E-state index in [9.17, 15) is 19.2 Å². The van der Waals surface area contributed by atoms with Crippen LogP contribution in [0.25, 0.3) is 0 Å². The lowest BCUT2D eigenvalue weighted by Gasteiger charge is -2.43. The van der Waals surface area contributed by atoms with Gasteiger partial charge in [-0.25, -0.2) is 0 Å². The molecule has 4 aliphatic rings. The fraction of sp³-hybridized carbons (Fsp3) is 0.314. The smallest absolute Gasteiger partial charge is 0.305 e. The summed E-state index contributed by atoms with van der Waals surface area (Å²) in [7, 11) is 0. The van der Waals surface area contributed by atoms with Gasteiger partial charge in [-0.15, -0.1) is 11.8 Å². The molecule has 4 aromatic rings. The second-order valence-corrected chi connectivity index (χ2v) is 14.9. The first-order chi connectivity index (χ1) is 22.8. The van der Waals surface area contributed by atoms with Crippen LogP contribution in [0.1, 0.15) is 29.7 Å². The van der Waals surface area contributed by atoms with Gasteiger partial charge in [0.25, 0.3) is 5.91 Å². The third kappa shape index (κ3) is 5.06. The Morgan fingerprint density at radius 3 is 2.45 bits per heavy atom. The number of thiazole rings is 1. The van der Waals surface area contributed by atoms with E-state index in [1.807, 2.05) is 43.3 Å². The lowest BCUT2D eigenvalue weighted by molar-refractivity contribution is -0.123. The first-order valence-corrected chi connectivity index (χ1v) is 17.7. The fourth-order valence-corrected chi connectivity index (χ4v) is 11.2. The number of imide groups is 1. The van der Waals surface area contributed by atoms with Crippen molar-refractivity contribution in [3.8, 4) is 11.5 Å². The van der Waals surface area contributed by atoms with Crippen LogP contribution in [0.5, 0.6) is 11.5 Å². The van der Waals surface area contributed by atoms with Crippen LogP contribution < -0.4 is 24.6 Å². The van der Waals surface area contributed by atoms with Gasteiger partial charge in [-0.05, 0) is 85.2 Å². The number of hydrogen-bond acceptors (Lipinski definition) is 8. The van der Waals surface area contributed by atoms with Gasteiger partial charge in [-0.2, -0.15) is 0 Å². The average molecular weight is 688 g/mol. The third-order valence-electron chi connectivity index (χ3n) is 9.85. The molecule has 2 aliphatic carbocycles. The van der Waals surface area contributed by atoms with Gasteiger partial charge in [-0.1, -0.05) is 47.2 Å². The summed E-state index contributed by atoms with van der Waals surface area (Å²) >= 11 is 8.94. The largest absolute Gasteiger partial charge is 0.490 e. The van der Waals surface area contributed by atoms with Crippen LogP contribution in [0, 0.1) is 29.6 Å². The van der Waals surface area contributed by atoms with E-state index < -0.39 is 5.92 Å². The molecule has 2 bridgehead atoms. The number of thioether (sulfide) groups is 1. The number of carbonyl (C=O) groups is 3. The van der Waals surface area contributed by atoms with E-state index >= 15 is 0 Å². The lowest BCUT2D eigenvalue weighted by Crippen LogP contribution is -2.42. The van der Waals surface area contributed by atoms with Crippen molar-refractivity contribution < 1.29 is 23.9 Å². The molecule has 6 unspecified atom stereocenters. The zero-order valence-electron chi connectivity index (χ0n) is 25.2. The molecule has 0 spiro atoms. The Labute approximate surface area is 283 Å². The van der Waals surface area contributed by atoms with E-state index in [4.69, 9.17) is 21.1 Å². The molecule has 8 rings (SSSR count). The average Bonchev–Trinajstić information content (AvgIpc) is 3.80. The van der Waals surface area contributed by atoms with Gasteiger partial charge >= 0.3 is 4.87 Å². The summed E-state index contributed by atoms with van der Waals surface area (Å²) in [5, 5.41) is 4.25. The maximum Gasteiger partial charge on any atom is 0.305 e. The monoisotopic (exact) mass is 687 g/mol. The number of ether oxygens (including phenoxy) is 2. The Balaban J connectivity index is 1.11. The van der Waals surface area contributed by atoms with Crippen molar-refractivity contribution in [2.75, 3.05) is 23.4 Å². The quantitative estimate of drug-likeness (QED) is 0.212. The van der Waals surface area contributed by atoms with Crippen molar-refractivity contribution in [3.63, 3.8) is 0 Å². The summed E-state index contributed by atoms with van der Waals surface area (Å²) in [4.78, 5) is 58.4. The molecule has 9 nitrogen and oxygen atoms in total. The molecular formula is C35H30ClN3O6S2. The van der Waals surface area contributed by atoms with Gasteiger partial charge in [0, 0.05) is 26.8 Å². The number of amides is 3. The first-order valence-electron chi connectivity index (χ1n) is 15.6. The molecule has 3 amide bonds. The summed E-state index contributed by atoms with van der Waals surface area (Å²) in [6, 6.07) is 21.7. The number of hydrogen-bond donors (Lipinski definition) is 2. The van der Waals surface area contributed by atoms with Crippen molar-refractivity contribution >= 4 is 63.8 Å². The summed E-state index contributed by atoms with van der Waals surface area (Å²) in [6.07, 6.45) is 0.787. The number of rotatable bonds is 8. The van der Waals surface area contributed by atoms with Gasteiger partial charge in [0.05, 0.1) is 29.2 Å². The summed E-state index contributed by atoms with van der Waals surface area (Å²) in [5.74, 6) is -0.637. The second-order valence-electron chi connectivity index (χ2n) is 12.3. The number of anilines is 2. The number of nitrogens with one attached hydrogen (secondary N) is 2. The number of para-hydroxylation sites is 1. The number of nitrogens with zero attached hydrogens (tertiary/aromatic N) is 1. The molecule has 7 atom stereocenters. The van der Waals surface area contributed by atoms with Crippen LogP contribution in [0.2, 0.25) is 5.02 Å². The lowest BCUT2D eigenvalue weighted by atomic mass is 9.68. The molecule has 47 heavy (non-hydrogen) atoms. The summed E-state index contributed by atoms with van der Waals surface area (Å²) in [6.45, 7) is 2.07. The van der Waals surface area contributed by atoms with Crippen molar-refractivity contribution in [1.29, 1.82) is 0 Å². The van der Waals surface area contributed by atoms with Gasteiger partial charge in [0.15, 0.2) is 18.1 Å². The van der Waals surface area contributed by atoms with Crippen LogP contribution in [-0.2, 0) is 14.4 Å². The number of halogens is 1. The topological polar surface area (TPSA) is 118 Å². The molecule has 0 radical (unpaired) electrons. The Morgan fingerprint density at radius 1 is 0.957 bits per heavy atom. The highest BCUT2D eigenvalue weighted by Gasteiger charge is 2.69. The minimum atomic E-state index is -0.415. The highest BCUT2D eigenvalue weighted by molar-refractivity contribution is 8.00. The van der Waals surface area contributed by atoms with Crippen molar-refractivity contribution in [2.45, 2.75) is 29.5 Å². The number of fused-ring (bicyclic) bond motifs is 9. The number of aromatic amines is 1. The zero-order chi connectivity index (χ0) is 32.4. The molecular weight excluding hydrogens is 658 g/mol. The molecule has 2 aliphatic heterocycles. The van der Waals surface area contributed by atoms with Crippen molar-refractivity contribution in [3.05, 3.63) is 97.9 Å². The predicted molar refractivity (Wildman–Crippen MR) is 181 cm³/mol. The normalized spacial score (nSPS) is 26.9. The predicted octanol–water partition coefficient (Wildman–Crippen LogP) is 6.18. The Bertz CT molecular complexity index is 1950. The summed E-state index contributed by atoms with van der Waals surface area (Å²) < 4.78 is 11.9. The Morgan fingerprint density at radius 2 is 1.70 bits per heavy atom. The molecule has 1 aromatic heterocycles. The zero-order valence-corrected chi connectivity index (χ0v) is 27.6. The van der Waals surface area contributed by atoms with Crippen molar-refractivity contribution in [2.24, 2.45) is 29.6 Å². The van der Waals surface area contributed by atoms with Crippen LogP contribution in [0.15, 0.2) is 82.6 Å². The highest BCUT2D eigenvalue weighted by atomic mass is 35.5. The first kappa shape index (κ1) is 30.3. The molecule has 2 N–H and O–H groups in total. The molecule has 1 saturated heterocycles. The standard InChI is InChI=1S/C35H30ClN3O6S2/c1-2-44-24-14-17(8-13-23(24)45-16-25(40)37-19-6-4-3-5-7-19)26-27-21-15-22(30(27)46-32-31(26)47-35(43)38-32)29-28(21)33(41)39(34(29)42)20-11-9-18(36)10-12-20/h3-14,21-22,26-30H,2,15-16H2,1H3,(H,37,40)(H,38,43)/t21?,22?,26-,27?,28?,29?,30?/m1/s1. The molecule has 3 fully saturated rings. The minimum absolute atomic E-state index is 0.00454. The number of benzene rings is 3. The highest BCUT2D eigenvalue weighted by Crippen LogP contribution is 2.68. The van der Waals surface area contributed by atoms with E-state index in [1.165, 1.54) is 16.2 Å². The van der Waals surface area contributed by atoms with Gasteiger partial charge in [-0.3, -0.25) is 24.1 Å². The third-order valence-corrected chi connectivity index (χ3v) is 12.7. The molecule has 3 aromatic carbocycles. The maximum atomic E-state index is 14.0. The van der Waals surface area contributed by atoms with Crippen LogP contribution in [0.4, 0.5) is 11.4 Å². The van der Waals surface area contributed by atoms with E-state index in [0.29, 0.717) is 34.5 Å². The van der Waals surface area contributed by atoms with Crippen LogP contribution in [-0.4, -0.2) is 41.2 Å². The molecule has 240 valence electrons. The van der Waals surface area contributed by atoms with Crippen molar-refractivity contribution in [1.82, 2.24) is 4.98 Å². The van der Waals surface area contributed by atoms with Crippen LogP contribution >= 0.6 is 34.7 Å². The summed E-state index contributed by atoms with van der Waals surface area (Å²) in [5.41, 5.74) is 2.17. The van der Waals surface area contributed by atoms with Gasteiger partial charge in [0.2, 0.25) is 11.8 Å². The Hall–Kier alpha value is -4.06. The van der Waals surface area contributed by atoms with E-state index in [1.54, 1.807) is 48.2 Å². The fourth-order valence-electron chi connectivity index (χ4n) is 8.20.